The van der Waals surface area contributed by atoms with E-state index in [0.29, 0.717) is 6.20 Å². The van der Waals surface area contributed by atoms with E-state index in [1.54, 1.807) is 0 Å². The Morgan fingerprint density at radius 1 is 1.59 bits per heavy atom. The number of nitrogens with zero attached hydrogens (tertiary/aromatic N) is 1. The third-order valence-corrected chi connectivity index (χ3v) is 2.24. The topological polar surface area (TPSA) is 68.0 Å². The minimum absolute atomic E-state index is 0.0223. The molecule has 0 aliphatic heterocycles. The van der Waals surface area contributed by atoms with Gasteiger partial charge in [0.2, 0.25) is 5.91 Å². The minimum atomic E-state index is -4.51. The van der Waals surface area contributed by atoms with Crippen LogP contribution in [0.2, 0.25) is 5.02 Å². The lowest BCUT2D eigenvalue weighted by atomic mass is 10.2. The van der Waals surface area contributed by atoms with Gasteiger partial charge in [-0.2, -0.15) is 13.2 Å². The summed E-state index contributed by atoms with van der Waals surface area (Å²) in [7, 11) is 0. The number of carbonyl (C=O) groups is 1. The van der Waals surface area contributed by atoms with E-state index in [1.165, 1.54) is 6.92 Å². The summed E-state index contributed by atoms with van der Waals surface area (Å²) in [5, 5.41) is 2.27. The summed E-state index contributed by atoms with van der Waals surface area (Å²) in [5.41, 5.74) is 4.02. The molecular weight excluding hydrogens is 259 g/mol. The van der Waals surface area contributed by atoms with Gasteiger partial charge in [0.1, 0.15) is 11.9 Å². The predicted octanol–water partition coefficient (Wildman–Crippen LogP) is 2.04. The number of alkyl halides is 3. The van der Waals surface area contributed by atoms with Crippen molar-refractivity contribution in [2.75, 3.05) is 5.32 Å². The minimum Gasteiger partial charge on any atom is -0.368 e. The molecule has 1 rings (SSSR count). The summed E-state index contributed by atoms with van der Waals surface area (Å²) in [4.78, 5) is 14.2. The first kappa shape index (κ1) is 13.6. The normalized spacial score (nSPS) is 13.2. The van der Waals surface area contributed by atoms with Crippen LogP contribution in [0, 0.1) is 0 Å². The molecule has 1 amide bonds. The standard InChI is InChI=1S/C9H9ClF3N3O/c1-4(7(14)17)16-8-6(10)2-5(3-15-8)9(11,12)13/h2-4H,1H3,(H2,14,17)(H,15,16)/t4-/m0/s1. The van der Waals surface area contributed by atoms with Crippen LogP contribution in [0.1, 0.15) is 12.5 Å². The molecule has 1 atom stereocenters. The van der Waals surface area contributed by atoms with Crippen molar-refractivity contribution in [3.8, 4) is 0 Å². The summed E-state index contributed by atoms with van der Waals surface area (Å²) in [6, 6.07) is -0.0540. The molecule has 0 aliphatic rings. The van der Waals surface area contributed by atoms with E-state index < -0.39 is 23.7 Å². The molecule has 0 aliphatic carbocycles. The van der Waals surface area contributed by atoms with E-state index in [2.05, 4.69) is 10.3 Å². The van der Waals surface area contributed by atoms with Gasteiger partial charge in [0.25, 0.3) is 0 Å². The number of primary amides is 1. The molecule has 0 radical (unpaired) electrons. The van der Waals surface area contributed by atoms with Gasteiger partial charge < -0.3 is 11.1 Å². The smallest absolute Gasteiger partial charge is 0.368 e. The second-order valence-corrected chi connectivity index (χ2v) is 3.73. The largest absolute Gasteiger partial charge is 0.417 e. The Balaban J connectivity index is 2.95. The molecule has 8 heteroatoms. The van der Waals surface area contributed by atoms with Crippen molar-refractivity contribution < 1.29 is 18.0 Å². The molecule has 0 unspecified atom stereocenters. The highest BCUT2D eigenvalue weighted by Crippen LogP contribution is 2.32. The number of carbonyl (C=O) groups excluding carboxylic acids is 1. The Hall–Kier alpha value is -1.50. The number of anilines is 1. The first-order chi connectivity index (χ1) is 7.71. The van der Waals surface area contributed by atoms with Crippen molar-refractivity contribution in [3.63, 3.8) is 0 Å². The molecular formula is C9H9ClF3N3O. The lowest BCUT2D eigenvalue weighted by Crippen LogP contribution is -2.32. The van der Waals surface area contributed by atoms with Crippen molar-refractivity contribution in [1.29, 1.82) is 0 Å². The lowest BCUT2D eigenvalue weighted by molar-refractivity contribution is -0.137. The fraction of sp³-hybridized carbons (Fsp3) is 0.333. The van der Waals surface area contributed by atoms with E-state index in [4.69, 9.17) is 17.3 Å². The number of nitrogens with one attached hydrogen (secondary N) is 1. The highest BCUT2D eigenvalue weighted by molar-refractivity contribution is 6.33. The van der Waals surface area contributed by atoms with Crippen LogP contribution in [0.5, 0.6) is 0 Å². The Bertz CT molecular complexity index is 436. The number of amides is 1. The van der Waals surface area contributed by atoms with E-state index in [9.17, 15) is 18.0 Å². The monoisotopic (exact) mass is 267 g/mol. The number of hydrogen-bond acceptors (Lipinski definition) is 3. The van der Waals surface area contributed by atoms with E-state index in [0.717, 1.165) is 6.07 Å². The summed E-state index contributed by atoms with van der Waals surface area (Å²) >= 11 is 5.61. The maximum Gasteiger partial charge on any atom is 0.417 e. The molecule has 0 bridgehead atoms. The average molecular weight is 268 g/mol. The summed E-state index contributed by atoms with van der Waals surface area (Å²) in [6.45, 7) is 1.44. The molecule has 17 heavy (non-hydrogen) atoms. The Morgan fingerprint density at radius 3 is 2.59 bits per heavy atom. The van der Waals surface area contributed by atoms with Crippen molar-refractivity contribution in [3.05, 3.63) is 22.8 Å². The fourth-order valence-electron chi connectivity index (χ4n) is 0.975. The Morgan fingerprint density at radius 2 is 2.18 bits per heavy atom. The van der Waals surface area contributed by atoms with Crippen LogP contribution in [0.3, 0.4) is 0 Å². The van der Waals surface area contributed by atoms with Gasteiger partial charge in [-0.25, -0.2) is 4.98 Å². The quantitative estimate of drug-likeness (QED) is 0.881. The van der Waals surface area contributed by atoms with Crippen LogP contribution in [0.4, 0.5) is 19.0 Å². The van der Waals surface area contributed by atoms with E-state index in [-0.39, 0.29) is 10.8 Å². The molecule has 3 N–H and O–H groups in total. The van der Waals surface area contributed by atoms with Crippen LogP contribution in [0.25, 0.3) is 0 Å². The number of pyridine rings is 1. The molecule has 94 valence electrons. The van der Waals surface area contributed by atoms with Crippen molar-refractivity contribution in [1.82, 2.24) is 4.98 Å². The molecule has 1 aromatic rings. The van der Waals surface area contributed by atoms with Crippen LogP contribution in [-0.4, -0.2) is 16.9 Å². The van der Waals surface area contributed by atoms with Crippen LogP contribution >= 0.6 is 11.6 Å². The number of rotatable bonds is 3. The molecule has 4 nitrogen and oxygen atoms in total. The number of nitrogens with two attached hydrogens (primary N) is 1. The zero-order chi connectivity index (χ0) is 13.2. The van der Waals surface area contributed by atoms with Crippen LogP contribution in [-0.2, 0) is 11.0 Å². The second kappa shape index (κ2) is 4.79. The van der Waals surface area contributed by atoms with Gasteiger partial charge in [-0.15, -0.1) is 0 Å². The molecule has 0 spiro atoms. The zero-order valence-electron chi connectivity index (χ0n) is 8.68. The van der Waals surface area contributed by atoms with Gasteiger partial charge in [-0.05, 0) is 13.0 Å². The van der Waals surface area contributed by atoms with Crippen LogP contribution in [0.15, 0.2) is 12.3 Å². The summed E-state index contributed by atoms with van der Waals surface area (Å²) in [6.07, 6.45) is -3.88. The van der Waals surface area contributed by atoms with Crippen molar-refractivity contribution in [2.45, 2.75) is 19.1 Å². The van der Waals surface area contributed by atoms with Crippen LogP contribution < -0.4 is 11.1 Å². The maximum atomic E-state index is 12.3. The van der Waals surface area contributed by atoms with Gasteiger partial charge in [0.15, 0.2) is 0 Å². The highest BCUT2D eigenvalue weighted by atomic mass is 35.5. The lowest BCUT2D eigenvalue weighted by Gasteiger charge is -2.13. The first-order valence-electron chi connectivity index (χ1n) is 4.50. The van der Waals surface area contributed by atoms with E-state index >= 15 is 0 Å². The third-order valence-electron chi connectivity index (χ3n) is 1.95. The first-order valence-corrected chi connectivity index (χ1v) is 4.88. The third kappa shape index (κ3) is 3.48. The number of aromatic nitrogens is 1. The fourth-order valence-corrected chi connectivity index (χ4v) is 1.20. The Labute approximate surface area is 100.0 Å². The molecule has 0 fully saturated rings. The zero-order valence-corrected chi connectivity index (χ0v) is 9.43. The number of hydrogen-bond donors (Lipinski definition) is 2. The van der Waals surface area contributed by atoms with Gasteiger partial charge in [0.05, 0.1) is 10.6 Å². The highest BCUT2D eigenvalue weighted by Gasteiger charge is 2.31. The SMILES string of the molecule is C[C@H](Nc1ncc(C(F)(F)F)cc1Cl)C(N)=O. The van der Waals surface area contributed by atoms with Gasteiger partial charge in [0, 0.05) is 6.20 Å². The molecule has 0 aromatic carbocycles. The number of halogens is 4. The van der Waals surface area contributed by atoms with Crippen molar-refractivity contribution in [2.24, 2.45) is 5.73 Å². The van der Waals surface area contributed by atoms with Crippen molar-refractivity contribution >= 4 is 23.3 Å². The predicted molar refractivity (Wildman–Crippen MR) is 56.5 cm³/mol. The molecule has 1 aromatic heterocycles. The van der Waals surface area contributed by atoms with Gasteiger partial charge >= 0.3 is 6.18 Å². The Kier molecular flexibility index (Phi) is 3.82. The van der Waals surface area contributed by atoms with Gasteiger partial charge in [-0.1, -0.05) is 11.6 Å². The van der Waals surface area contributed by atoms with Gasteiger partial charge in [-0.3, -0.25) is 4.79 Å². The summed E-state index contributed by atoms with van der Waals surface area (Å²) < 4.78 is 36.9. The molecule has 0 saturated carbocycles. The second-order valence-electron chi connectivity index (χ2n) is 3.32. The maximum absolute atomic E-state index is 12.3. The summed E-state index contributed by atoms with van der Waals surface area (Å²) in [5.74, 6) is -0.686. The molecule has 0 saturated heterocycles. The average Bonchev–Trinajstić information content (AvgIpc) is 2.19. The molecule has 1 heterocycles. The van der Waals surface area contributed by atoms with E-state index in [1.807, 2.05) is 0 Å².